The van der Waals surface area contributed by atoms with Gasteiger partial charge < -0.3 is 9.84 Å². The largest absolute Gasteiger partial charge is 0.508 e. The van der Waals surface area contributed by atoms with Gasteiger partial charge in [-0.3, -0.25) is 0 Å². The first-order valence-corrected chi connectivity index (χ1v) is 6.98. The zero-order valence-electron chi connectivity index (χ0n) is 13.2. The van der Waals surface area contributed by atoms with Crippen molar-refractivity contribution < 1.29 is 14.6 Å². The number of ether oxygens (including phenoxy) is 1. The minimum absolute atomic E-state index is 0.0487. The van der Waals surface area contributed by atoms with Crippen molar-refractivity contribution in [2.24, 2.45) is 0 Å². The van der Waals surface area contributed by atoms with Gasteiger partial charge in [-0.15, -0.1) is 0 Å². The molecular weight excluding hydrogens is 278 g/mol. The van der Waals surface area contributed by atoms with E-state index in [-0.39, 0.29) is 11.3 Å². The van der Waals surface area contributed by atoms with E-state index in [1.54, 1.807) is 18.2 Å². The number of phenols is 1. The zero-order valence-corrected chi connectivity index (χ0v) is 13.2. The van der Waals surface area contributed by atoms with Crippen LogP contribution in [0.2, 0.25) is 0 Å². The number of hydrogen-bond donors (Lipinski definition) is 1. The maximum Gasteiger partial charge on any atom is 0.338 e. The number of carbonyl (C=O) groups is 1. The lowest BCUT2D eigenvalue weighted by molar-refractivity contribution is 0.0600. The lowest BCUT2D eigenvalue weighted by Crippen LogP contribution is -2.01. The van der Waals surface area contributed by atoms with Crippen LogP contribution in [0.1, 0.15) is 35.3 Å². The highest BCUT2D eigenvalue weighted by Crippen LogP contribution is 2.29. The van der Waals surface area contributed by atoms with Crippen molar-refractivity contribution in [2.45, 2.75) is 20.8 Å². The van der Waals surface area contributed by atoms with E-state index in [0.717, 1.165) is 5.56 Å². The third kappa shape index (κ3) is 3.86. The molecule has 2 rings (SSSR count). The SMILES string of the molecule is CC.COC(=O)c1cc(O)cc(-c2ccc(C)cc2C#N)c1. The molecule has 0 aromatic heterocycles. The first-order chi connectivity index (χ1) is 10.5. The van der Waals surface area contributed by atoms with Crippen molar-refractivity contribution in [3.05, 3.63) is 53.1 Å². The van der Waals surface area contributed by atoms with Gasteiger partial charge in [0.2, 0.25) is 0 Å². The second-order valence-corrected chi connectivity index (χ2v) is 4.42. The second kappa shape index (κ2) is 7.84. The molecule has 0 aliphatic heterocycles. The predicted molar refractivity (Wildman–Crippen MR) is 85.7 cm³/mol. The van der Waals surface area contributed by atoms with Gasteiger partial charge in [0.25, 0.3) is 0 Å². The number of nitrogens with zero attached hydrogens (tertiary/aromatic N) is 1. The average Bonchev–Trinajstić information content (AvgIpc) is 2.55. The van der Waals surface area contributed by atoms with Crippen LogP contribution in [0.4, 0.5) is 0 Å². The van der Waals surface area contributed by atoms with Crippen LogP contribution in [0.25, 0.3) is 11.1 Å². The summed E-state index contributed by atoms with van der Waals surface area (Å²) in [6.07, 6.45) is 0. The summed E-state index contributed by atoms with van der Waals surface area (Å²) in [7, 11) is 1.28. The molecule has 22 heavy (non-hydrogen) atoms. The number of carbonyl (C=O) groups excluding carboxylic acids is 1. The van der Waals surface area contributed by atoms with E-state index in [2.05, 4.69) is 10.8 Å². The highest BCUT2D eigenvalue weighted by atomic mass is 16.5. The van der Waals surface area contributed by atoms with Crippen LogP contribution in [-0.4, -0.2) is 18.2 Å². The average molecular weight is 297 g/mol. The molecule has 0 unspecified atom stereocenters. The number of rotatable bonds is 2. The van der Waals surface area contributed by atoms with Gasteiger partial charge in [0.05, 0.1) is 24.3 Å². The van der Waals surface area contributed by atoms with Crippen molar-refractivity contribution in [3.63, 3.8) is 0 Å². The number of nitriles is 1. The molecule has 0 saturated heterocycles. The minimum atomic E-state index is -0.534. The highest BCUT2D eigenvalue weighted by Gasteiger charge is 2.12. The van der Waals surface area contributed by atoms with Crippen LogP contribution in [0, 0.1) is 18.3 Å². The molecular formula is C18H19NO3. The van der Waals surface area contributed by atoms with Crippen LogP contribution in [0.3, 0.4) is 0 Å². The fraction of sp³-hybridized carbons (Fsp3) is 0.222. The molecule has 2 aromatic rings. The van der Waals surface area contributed by atoms with E-state index in [1.807, 2.05) is 26.8 Å². The number of benzene rings is 2. The summed E-state index contributed by atoms with van der Waals surface area (Å²) in [6.45, 7) is 5.90. The summed E-state index contributed by atoms with van der Waals surface area (Å²) in [5.74, 6) is -0.583. The number of aryl methyl sites for hydroxylation is 1. The molecule has 0 heterocycles. The first-order valence-electron chi connectivity index (χ1n) is 6.98. The molecule has 4 heteroatoms. The molecule has 0 amide bonds. The van der Waals surface area contributed by atoms with Crippen molar-refractivity contribution in [3.8, 4) is 22.9 Å². The van der Waals surface area contributed by atoms with Crippen LogP contribution in [0.5, 0.6) is 5.75 Å². The molecule has 114 valence electrons. The predicted octanol–water partition coefficient (Wildman–Crippen LogP) is 4.05. The Balaban J connectivity index is 0.00000116. The Kier molecular flexibility index (Phi) is 6.15. The quantitative estimate of drug-likeness (QED) is 0.849. The number of aromatic hydroxyl groups is 1. The Labute approximate surface area is 130 Å². The third-order valence-corrected chi connectivity index (χ3v) is 2.95. The fourth-order valence-corrected chi connectivity index (χ4v) is 2.00. The van der Waals surface area contributed by atoms with E-state index in [4.69, 9.17) is 0 Å². The first kappa shape index (κ1) is 17.3. The summed E-state index contributed by atoms with van der Waals surface area (Å²) in [5.41, 5.74) is 2.97. The van der Waals surface area contributed by atoms with Crippen LogP contribution < -0.4 is 0 Å². The number of methoxy groups -OCH3 is 1. The molecule has 0 aliphatic rings. The Morgan fingerprint density at radius 3 is 2.45 bits per heavy atom. The van der Waals surface area contributed by atoms with Crippen molar-refractivity contribution in [1.82, 2.24) is 0 Å². The van der Waals surface area contributed by atoms with E-state index in [9.17, 15) is 15.2 Å². The van der Waals surface area contributed by atoms with Gasteiger partial charge in [0, 0.05) is 0 Å². The van der Waals surface area contributed by atoms with Gasteiger partial charge in [-0.05, 0) is 47.9 Å². The van der Waals surface area contributed by atoms with Crippen LogP contribution in [-0.2, 0) is 4.74 Å². The lowest BCUT2D eigenvalue weighted by atomic mass is 9.97. The second-order valence-electron chi connectivity index (χ2n) is 4.42. The van der Waals surface area contributed by atoms with E-state index in [0.29, 0.717) is 16.7 Å². The van der Waals surface area contributed by atoms with Gasteiger partial charge >= 0.3 is 5.97 Å². The Hall–Kier alpha value is -2.80. The molecule has 2 aromatic carbocycles. The standard InChI is InChI=1S/C16H13NO3.C2H6/c1-10-3-4-15(13(5-10)9-17)11-6-12(16(19)20-2)8-14(18)7-11;1-2/h3-8,18H,1-2H3;1-2H3. The monoisotopic (exact) mass is 297 g/mol. The fourth-order valence-electron chi connectivity index (χ4n) is 2.00. The molecule has 0 radical (unpaired) electrons. The molecule has 4 nitrogen and oxygen atoms in total. The van der Waals surface area contributed by atoms with Crippen molar-refractivity contribution in [2.75, 3.05) is 7.11 Å². The molecule has 0 bridgehead atoms. The van der Waals surface area contributed by atoms with E-state index in [1.165, 1.54) is 19.2 Å². The summed E-state index contributed by atoms with van der Waals surface area (Å²) < 4.78 is 4.64. The Bertz CT molecular complexity index is 715. The summed E-state index contributed by atoms with van der Waals surface area (Å²) in [6, 6.07) is 12.0. The van der Waals surface area contributed by atoms with E-state index < -0.39 is 5.97 Å². The zero-order chi connectivity index (χ0) is 16.7. The molecule has 0 aliphatic carbocycles. The number of esters is 1. The Morgan fingerprint density at radius 1 is 1.18 bits per heavy atom. The maximum atomic E-state index is 11.6. The maximum absolute atomic E-state index is 11.6. The third-order valence-electron chi connectivity index (χ3n) is 2.95. The van der Waals surface area contributed by atoms with Crippen molar-refractivity contribution >= 4 is 5.97 Å². The molecule has 0 atom stereocenters. The van der Waals surface area contributed by atoms with Gasteiger partial charge in [-0.1, -0.05) is 26.0 Å². The van der Waals surface area contributed by atoms with Gasteiger partial charge in [-0.25, -0.2) is 4.79 Å². The summed E-state index contributed by atoms with van der Waals surface area (Å²) in [4.78, 5) is 11.6. The minimum Gasteiger partial charge on any atom is -0.508 e. The van der Waals surface area contributed by atoms with E-state index >= 15 is 0 Å². The molecule has 0 saturated carbocycles. The van der Waals surface area contributed by atoms with Crippen LogP contribution in [0.15, 0.2) is 36.4 Å². The lowest BCUT2D eigenvalue weighted by Gasteiger charge is -2.08. The van der Waals surface area contributed by atoms with Crippen LogP contribution >= 0.6 is 0 Å². The normalized spacial score (nSPS) is 9.23. The molecule has 1 N–H and O–H groups in total. The summed E-state index contributed by atoms with van der Waals surface area (Å²) in [5, 5.41) is 18.9. The highest BCUT2D eigenvalue weighted by molar-refractivity contribution is 5.92. The van der Waals surface area contributed by atoms with Gasteiger partial charge in [0.15, 0.2) is 0 Å². The molecule has 0 fully saturated rings. The topological polar surface area (TPSA) is 70.3 Å². The van der Waals surface area contributed by atoms with Crippen molar-refractivity contribution in [1.29, 1.82) is 5.26 Å². The molecule has 0 spiro atoms. The summed E-state index contributed by atoms with van der Waals surface area (Å²) >= 11 is 0. The smallest absolute Gasteiger partial charge is 0.338 e. The number of phenolic OH excluding ortho intramolecular Hbond substituents is 1. The Morgan fingerprint density at radius 2 is 1.86 bits per heavy atom. The van der Waals surface area contributed by atoms with Gasteiger partial charge in [0.1, 0.15) is 5.75 Å². The number of hydrogen-bond acceptors (Lipinski definition) is 4. The van der Waals surface area contributed by atoms with Gasteiger partial charge in [-0.2, -0.15) is 5.26 Å².